The van der Waals surface area contributed by atoms with Crippen LogP contribution in [0.4, 0.5) is 0 Å². The number of likely N-dealkylation sites (tertiary alicyclic amines) is 1. The van der Waals surface area contributed by atoms with Gasteiger partial charge in [0.05, 0.1) is 0 Å². The summed E-state index contributed by atoms with van der Waals surface area (Å²) in [6.45, 7) is 15.3. The number of aliphatic imine (C=N–C) groups is 1. The first-order valence-electron chi connectivity index (χ1n) is 11.9. The van der Waals surface area contributed by atoms with Crippen molar-refractivity contribution in [3.05, 3.63) is 11.6 Å². The van der Waals surface area contributed by atoms with Gasteiger partial charge in [-0.3, -0.25) is 4.99 Å². The summed E-state index contributed by atoms with van der Waals surface area (Å²) >= 11 is 0. The molecule has 1 atom stereocenters. The maximum atomic E-state index is 4.94. The molecule has 0 bridgehead atoms. The Bertz CT molecular complexity index is 641. The van der Waals surface area contributed by atoms with Crippen molar-refractivity contribution >= 4 is 29.9 Å². The van der Waals surface area contributed by atoms with E-state index < -0.39 is 0 Å². The van der Waals surface area contributed by atoms with Crippen molar-refractivity contribution in [3.8, 4) is 0 Å². The average Bonchev–Trinajstić information content (AvgIpc) is 3.28. The number of aryl methyl sites for hydroxylation is 2. The number of hydrogen-bond acceptors (Lipinski definition) is 4. The molecule has 2 aliphatic heterocycles. The van der Waals surface area contributed by atoms with E-state index >= 15 is 0 Å². The van der Waals surface area contributed by atoms with Gasteiger partial charge in [0, 0.05) is 52.1 Å². The van der Waals surface area contributed by atoms with Crippen molar-refractivity contribution < 1.29 is 0 Å². The third-order valence-electron chi connectivity index (χ3n) is 6.34. The van der Waals surface area contributed by atoms with E-state index in [1.807, 2.05) is 0 Å². The fourth-order valence-corrected chi connectivity index (χ4v) is 4.60. The van der Waals surface area contributed by atoms with Gasteiger partial charge in [0.1, 0.15) is 11.6 Å². The van der Waals surface area contributed by atoms with Gasteiger partial charge in [-0.25, -0.2) is 0 Å². The molecule has 7 nitrogen and oxygen atoms in total. The molecule has 172 valence electrons. The molecule has 0 aliphatic carbocycles. The first-order chi connectivity index (χ1) is 14.2. The average molecular weight is 532 g/mol. The van der Waals surface area contributed by atoms with E-state index in [0.29, 0.717) is 0 Å². The van der Waals surface area contributed by atoms with Crippen molar-refractivity contribution in [2.24, 2.45) is 10.9 Å². The molecule has 1 saturated heterocycles. The highest BCUT2D eigenvalue weighted by Gasteiger charge is 2.25. The monoisotopic (exact) mass is 531 g/mol. The van der Waals surface area contributed by atoms with Crippen LogP contribution in [0.1, 0.15) is 64.5 Å². The Labute approximate surface area is 200 Å². The smallest absolute Gasteiger partial charge is 0.193 e. The van der Waals surface area contributed by atoms with Crippen LogP contribution in [0.3, 0.4) is 0 Å². The van der Waals surface area contributed by atoms with Crippen LogP contribution in [0, 0.1) is 5.92 Å². The van der Waals surface area contributed by atoms with Crippen LogP contribution in [0.5, 0.6) is 0 Å². The summed E-state index contributed by atoms with van der Waals surface area (Å²) in [5, 5.41) is 12.4. The molecule has 8 heteroatoms. The van der Waals surface area contributed by atoms with E-state index in [1.54, 1.807) is 0 Å². The first kappa shape index (κ1) is 25.4. The zero-order valence-corrected chi connectivity index (χ0v) is 21.6. The molecule has 0 radical (unpaired) electrons. The van der Waals surface area contributed by atoms with Crippen molar-refractivity contribution in [3.63, 3.8) is 0 Å². The Morgan fingerprint density at radius 1 is 1.13 bits per heavy atom. The van der Waals surface area contributed by atoms with Crippen LogP contribution in [0.2, 0.25) is 0 Å². The first-order valence-corrected chi connectivity index (χ1v) is 11.9. The maximum absolute atomic E-state index is 4.94. The maximum Gasteiger partial charge on any atom is 0.193 e. The summed E-state index contributed by atoms with van der Waals surface area (Å²) < 4.78 is 2.36. The van der Waals surface area contributed by atoms with E-state index in [-0.39, 0.29) is 24.0 Å². The number of aromatic nitrogens is 3. The Balaban J connectivity index is 0.00000320. The highest BCUT2D eigenvalue weighted by Crippen LogP contribution is 2.18. The summed E-state index contributed by atoms with van der Waals surface area (Å²) in [4.78, 5) is 9.94. The zero-order chi connectivity index (χ0) is 20.5. The molecule has 30 heavy (non-hydrogen) atoms. The van der Waals surface area contributed by atoms with Crippen LogP contribution in [0.15, 0.2) is 4.99 Å². The number of nitrogens with one attached hydrogen (secondary N) is 1. The van der Waals surface area contributed by atoms with E-state index in [2.05, 4.69) is 50.7 Å². The molecule has 2 aliphatic rings. The van der Waals surface area contributed by atoms with E-state index in [9.17, 15) is 0 Å². The Morgan fingerprint density at radius 2 is 1.97 bits per heavy atom. The second kappa shape index (κ2) is 13.5. The number of nitrogens with zero attached hydrogens (tertiary/aromatic N) is 6. The lowest BCUT2D eigenvalue weighted by Crippen LogP contribution is -2.41. The molecule has 0 amide bonds. The summed E-state index contributed by atoms with van der Waals surface area (Å²) in [5.41, 5.74) is 0. The minimum absolute atomic E-state index is 0. The van der Waals surface area contributed by atoms with Crippen molar-refractivity contribution in [2.75, 3.05) is 45.8 Å². The third-order valence-corrected chi connectivity index (χ3v) is 6.34. The summed E-state index contributed by atoms with van der Waals surface area (Å²) in [6, 6.07) is 0. The largest absolute Gasteiger partial charge is 0.357 e. The van der Waals surface area contributed by atoms with Gasteiger partial charge in [-0.2, -0.15) is 0 Å². The number of guanidine groups is 1. The Kier molecular flexibility index (Phi) is 11.4. The molecular formula is C22H42IN7. The fourth-order valence-electron chi connectivity index (χ4n) is 4.60. The quantitative estimate of drug-likeness (QED) is 0.230. The molecule has 1 fully saturated rings. The minimum Gasteiger partial charge on any atom is -0.357 e. The zero-order valence-electron chi connectivity index (χ0n) is 19.3. The lowest BCUT2D eigenvalue weighted by molar-refractivity contribution is 0.255. The molecular weight excluding hydrogens is 489 g/mol. The van der Waals surface area contributed by atoms with Gasteiger partial charge in [-0.05, 0) is 51.6 Å². The molecule has 3 rings (SSSR count). The van der Waals surface area contributed by atoms with Gasteiger partial charge in [0.2, 0.25) is 0 Å². The topological polar surface area (TPSA) is 61.6 Å². The van der Waals surface area contributed by atoms with Crippen LogP contribution in [0.25, 0.3) is 0 Å². The van der Waals surface area contributed by atoms with Crippen molar-refractivity contribution in [1.29, 1.82) is 0 Å². The van der Waals surface area contributed by atoms with Gasteiger partial charge in [0.25, 0.3) is 0 Å². The predicted octanol–water partition coefficient (Wildman–Crippen LogP) is 3.18. The molecule has 1 aromatic rings. The SMILES string of the molecule is CCNC(=NCCCc1nnc2n1CCCCC2)N1CCC(CN(CC)CC)C1.I. The van der Waals surface area contributed by atoms with E-state index in [0.717, 1.165) is 82.8 Å². The number of halogens is 1. The van der Waals surface area contributed by atoms with Gasteiger partial charge in [0.15, 0.2) is 5.96 Å². The number of hydrogen-bond donors (Lipinski definition) is 1. The van der Waals surface area contributed by atoms with E-state index in [4.69, 9.17) is 4.99 Å². The Morgan fingerprint density at radius 3 is 2.73 bits per heavy atom. The molecule has 1 N–H and O–H groups in total. The number of rotatable bonds is 9. The lowest BCUT2D eigenvalue weighted by atomic mass is 10.1. The highest BCUT2D eigenvalue weighted by molar-refractivity contribution is 14.0. The highest BCUT2D eigenvalue weighted by atomic mass is 127. The minimum atomic E-state index is 0. The molecule has 3 heterocycles. The second-order valence-corrected chi connectivity index (χ2v) is 8.42. The fraction of sp³-hybridized carbons (Fsp3) is 0.864. The van der Waals surface area contributed by atoms with E-state index in [1.165, 1.54) is 38.1 Å². The van der Waals surface area contributed by atoms with Crippen LogP contribution >= 0.6 is 24.0 Å². The van der Waals surface area contributed by atoms with Crippen LogP contribution < -0.4 is 5.32 Å². The lowest BCUT2D eigenvalue weighted by Gasteiger charge is -2.24. The molecule has 0 spiro atoms. The van der Waals surface area contributed by atoms with Crippen LogP contribution in [-0.4, -0.2) is 76.3 Å². The van der Waals surface area contributed by atoms with Gasteiger partial charge in [-0.1, -0.05) is 20.3 Å². The third kappa shape index (κ3) is 7.07. The standard InChI is InChI=1S/C22H41N7.HI/c1-4-23-22(28-16-13-19(18-28)17-27(5-2)6-3)24-14-10-12-21-26-25-20-11-8-7-9-15-29(20)21;/h19H,4-18H2,1-3H3,(H,23,24);1H. The molecule has 1 aromatic heterocycles. The van der Waals surface area contributed by atoms with Crippen LogP contribution in [-0.2, 0) is 19.4 Å². The molecule has 0 aromatic carbocycles. The van der Waals surface area contributed by atoms with Gasteiger partial charge < -0.3 is 19.7 Å². The predicted molar refractivity (Wildman–Crippen MR) is 135 cm³/mol. The molecule has 1 unspecified atom stereocenters. The Hall–Kier alpha value is -0.900. The summed E-state index contributed by atoms with van der Waals surface area (Å²) in [6.07, 6.45) is 8.17. The normalized spacial score (nSPS) is 19.5. The van der Waals surface area contributed by atoms with Crippen molar-refractivity contribution in [1.82, 2.24) is 29.9 Å². The summed E-state index contributed by atoms with van der Waals surface area (Å²) in [5.74, 6) is 4.19. The molecule has 0 saturated carbocycles. The van der Waals surface area contributed by atoms with Crippen molar-refractivity contribution in [2.45, 2.75) is 72.3 Å². The summed E-state index contributed by atoms with van der Waals surface area (Å²) in [7, 11) is 0. The number of fused-ring (bicyclic) bond motifs is 1. The second-order valence-electron chi connectivity index (χ2n) is 8.42. The van der Waals surface area contributed by atoms with Gasteiger partial charge >= 0.3 is 0 Å². The van der Waals surface area contributed by atoms with Gasteiger partial charge in [-0.15, -0.1) is 34.2 Å².